The summed E-state index contributed by atoms with van der Waals surface area (Å²) in [5.41, 5.74) is 0.902. The van der Waals surface area contributed by atoms with Crippen LogP contribution in [0.25, 0.3) is 0 Å². The molecule has 0 amide bonds. The van der Waals surface area contributed by atoms with Gasteiger partial charge in [0.25, 0.3) is 0 Å². The Balaban J connectivity index is 2.17. The number of rotatable bonds is 4. The van der Waals surface area contributed by atoms with Crippen LogP contribution in [0.4, 0.5) is 14.5 Å². The fourth-order valence-corrected chi connectivity index (χ4v) is 2.51. The normalized spacial score (nSPS) is 10.5. The van der Waals surface area contributed by atoms with Crippen molar-refractivity contribution in [3.05, 3.63) is 62.0 Å². The minimum absolute atomic E-state index is 0.0323. The molecule has 0 bridgehead atoms. The molecule has 21 heavy (non-hydrogen) atoms. The number of carboxylic acid groups (broad SMARTS) is 1. The summed E-state index contributed by atoms with van der Waals surface area (Å²) >= 11 is 6.16. The maximum atomic E-state index is 13.7. The summed E-state index contributed by atoms with van der Waals surface area (Å²) in [5.74, 6) is -2.18. The third-order valence-electron chi connectivity index (χ3n) is 2.78. The Morgan fingerprint density at radius 3 is 2.43 bits per heavy atom. The summed E-state index contributed by atoms with van der Waals surface area (Å²) in [6, 6.07) is 6.60. The predicted octanol–water partition coefficient (Wildman–Crippen LogP) is 4.80. The molecule has 0 fully saturated rings. The maximum Gasteiger partial charge on any atom is 0.335 e. The summed E-state index contributed by atoms with van der Waals surface area (Å²) in [4.78, 5) is 10.8. The van der Waals surface area contributed by atoms with Gasteiger partial charge in [-0.2, -0.15) is 0 Å². The lowest BCUT2D eigenvalue weighted by Gasteiger charge is -2.10. The van der Waals surface area contributed by atoms with E-state index in [-0.39, 0.29) is 22.3 Å². The number of halogens is 4. The van der Waals surface area contributed by atoms with Gasteiger partial charge >= 0.3 is 5.97 Å². The third kappa shape index (κ3) is 3.79. The van der Waals surface area contributed by atoms with Crippen molar-refractivity contribution in [1.29, 1.82) is 0 Å². The van der Waals surface area contributed by atoms with Gasteiger partial charge in [-0.1, -0.05) is 22.0 Å². The molecule has 0 aliphatic carbocycles. The second-order valence-electron chi connectivity index (χ2n) is 4.21. The van der Waals surface area contributed by atoms with Crippen LogP contribution in [0.5, 0.6) is 0 Å². The molecule has 2 N–H and O–H groups in total. The van der Waals surface area contributed by atoms with Crippen LogP contribution in [0.2, 0.25) is 0 Å². The lowest BCUT2D eigenvalue weighted by Crippen LogP contribution is -2.04. The van der Waals surface area contributed by atoms with E-state index in [1.165, 1.54) is 12.1 Å². The molecule has 2 aromatic rings. The lowest BCUT2D eigenvalue weighted by atomic mass is 10.1. The van der Waals surface area contributed by atoms with Crippen molar-refractivity contribution < 1.29 is 18.7 Å². The zero-order valence-corrected chi connectivity index (χ0v) is 13.6. The summed E-state index contributed by atoms with van der Waals surface area (Å²) < 4.78 is 27.7. The van der Waals surface area contributed by atoms with Crippen molar-refractivity contribution in [3.8, 4) is 0 Å². The van der Waals surface area contributed by atoms with Crippen LogP contribution >= 0.6 is 31.9 Å². The first-order chi connectivity index (χ1) is 9.88. The Morgan fingerprint density at radius 2 is 1.81 bits per heavy atom. The van der Waals surface area contributed by atoms with Gasteiger partial charge in [0.05, 0.1) is 15.7 Å². The fourth-order valence-electron chi connectivity index (χ4n) is 1.67. The van der Waals surface area contributed by atoms with E-state index in [1.54, 1.807) is 6.07 Å². The van der Waals surface area contributed by atoms with E-state index in [4.69, 9.17) is 5.11 Å². The van der Waals surface area contributed by atoms with Crippen molar-refractivity contribution in [2.75, 3.05) is 5.32 Å². The molecule has 2 rings (SSSR count). The Morgan fingerprint density at radius 1 is 1.10 bits per heavy atom. The average molecular weight is 421 g/mol. The van der Waals surface area contributed by atoms with Gasteiger partial charge in [-0.15, -0.1) is 0 Å². The van der Waals surface area contributed by atoms with E-state index in [0.717, 1.165) is 17.7 Å². The van der Waals surface area contributed by atoms with E-state index >= 15 is 0 Å². The zero-order chi connectivity index (χ0) is 15.6. The molecule has 0 heterocycles. The molecule has 0 saturated carbocycles. The van der Waals surface area contributed by atoms with E-state index in [9.17, 15) is 13.6 Å². The van der Waals surface area contributed by atoms with Crippen molar-refractivity contribution in [2.24, 2.45) is 0 Å². The Labute approximate surface area is 136 Å². The van der Waals surface area contributed by atoms with Crippen molar-refractivity contribution in [2.45, 2.75) is 6.54 Å². The molecule has 0 atom stereocenters. The van der Waals surface area contributed by atoms with Gasteiger partial charge in [0, 0.05) is 17.1 Å². The van der Waals surface area contributed by atoms with Crippen LogP contribution in [0.15, 0.2) is 39.3 Å². The molecular weight excluding hydrogens is 412 g/mol. The van der Waals surface area contributed by atoms with E-state index in [2.05, 4.69) is 37.2 Å². The van der Waals surface area contributed by atoms with E-state index in [1.807, 2.05) is 0 Å². The number of carboxylic acids is 1. The van der Waals surface area contributed by atoms with Crippen molar-refractivity contribution in [3.63, 3.8) is 0 Å². The van der Waals surface area contributed by atoms with Crippen LogP contribution in [-0.2, 0) is 6.54 Å². The zero-order valence-electron chi connectivity index (χ0n) is 10.5. The second kappa shape index (κ2) is 6.53. The van der Waals surface area contributed by atoms with Crippen molar-refractivity contribution in [1.82, 2.24) is 0 Å². The van der Waals surface area contributed by atoms with Crippen LogP contribution in [0.3, 0.4) is 0 Å². The standard InChI is InChI=1S/C14H9Br2F2NO2/c15-9-3-7(14(20)21)1-2-8(9)6-19-13-5-11(17)10(16)4-12(13)18/h1-5,19H,6H2,(H,20,21). The summed E-state index contributed by atoms with van der Waals surface area (Å²) in [6.07, 6.45) is 0. The smallest absolute Gasteiger partial charge is 0.335 e. The SMILES string of the molecule is O=C(O)c1ccc(CNc2cc(F)c(Br)cc2F)c(Br)c1. The van der Waals surface area contributed by atoms with Gasteiger partial charge in [-0.25, -0.2) is 13.6 Å². The topological polar surface area (TPSA) is 49.3 Å². The van der Waals surface area contributed by atoms with Gasteiger partial charge in [0.1, 0.15) is 11.6 Å². The summed E-state index contributed by atoms with van der Waals surface area (Å²) in [6.45, 7) is 0.221. The lowest BCUT2D eigenvalue weighted by molar-refractivity contribution is 0.0697. The Kier molecular flexibility index (Phi) is 4.95. The number of carbonyl (C=O) groups is 1. The largest absolute Gasteiger partial charge is 0.478 e. The number of benzene rings is 2. The van der Waals surface area contributed by atoms with Crippen molar-refractivity contribution >= 4 is 43.5 Å². The monoisotopic (exact) mass is 419 g/mol. The molecule has 0 aliphatic rings. The van der Waals surface area contributed by atoms with Gasteiger partial charge < -0.3 is 10.4 Å². The molecule has 0 saturated heterocycles. The molecule has 0 unspecified atom stereocenters. The maximum absolute atomic E-state index is 13.7. The molecule has 110 valence electrons. The molecule has 3 nitrogen and oxygen atoms in total. The molecule has 2 aromatic carbocycles. The molecule has 7 heteroatoms. The first-order valence-corrected chi connectivity index (χ1v) is 7.37. The number of hydrogen-bond acceptors (Lipinski definition) is 2. The van der Waals surface area contributed by atoms with Crippen LogP contribution in [-0.4, -0.2) is 11.1 Å². The van der Waals surface area contributed by atoms with E-state index in [0.29, 0.717) is 4.47 Å². The number of anilines is 1. The van der Waals surface area contributed by atoms with Crippen LogP contribution < -0.4 is 5.32 Å². The number of hydrogen-bond donors (Lipinski definition) is 2. The average Bonchev–Trinajstić information content (AvgIpc) is 2.42. The minimum Gasteiger partial charge on any atom is -0.478 e. The minimum atomic E-state index is -1.03. The highest BCUT2D eigenvalue weighted by Gasteiger charge is 2.10. The summed E-state index contributed by atoms with van der Waals surface area (Å²) in [7, 11) is 0. The highest BCUT2D eigenvalue weighted by atomic mass is 79.9. The Hall–Kier alpha value is -1.47. The van der Waals surface area contributed by atoms with E-state index < -0.39 is 17.6 Å². The van der Waals surface area contributed by atoms with Gasteiger partial charge in [-0.3, -0.25) is 0 Å². The second-order valence-corrected chi connectivity index (χ2v) is 5.92. The molecule has 0 aliphatic heterocycles. The molecule has 0 radical (unpaired) electrons. The predicted molar refractivity (Wildman–Crippen MR) is 82.5 cm³/mol. The molecule has 0 aromatic heterocycles. The van der Waals surface area contributed by atoms with Gasteiger partial charge in [0.2, 0.25) is 0 Å². The first kappa shape index (κ1) is 15.9. The Bertz CT molecular complexity index is 708. The van der Waals surface area contributed by atoms with Crippen LogP contribution in [0.1, 0.15) is 15.9 Å². The third-order valence-corrected chi connectivity index (χ3v) is 4.13. The first-order valence-electron chi connectivity index (χ1n) is 5.78. The highest BCUT2D eigenvalue weighted by Crippen LogP contribution is 2.25. The van der Waals surface area contributed by atoms with Gasteiger partial charge in [0.15, 0.2) is 0 Å². The highest BCUT2D eigenvalue weighted by molar-refractivity contribution is 9.10. The number of aromatic carboxylic acids is 1. The van der Waals surface area contributed by atoms with Gasteiger partial charge in [-0.05, 0) is 39.7 Å². The quantitative estimate of drug-likeness (QED) is 0.698. The molecule has 0 spiro atoms. The van der Waals surface area contributed by atoms with Crippen LogP contribution in [0, 0.1) is 11.6 Å². The number of nitrogens with one attached hydrogen (secondary N) is 1. The fraction of sp³-hybridized carbons (Fsp3) is 0.0714. The molecular formula is C14H9Br2F2NO2. The summed E-state index contributed by atoms with van der Waals surface area (Å²) in [5, 5.41) is 11.6.